The quantitative estimate of drug-likeness (QED) is 0.657. The topological polar surface area (TPSA) is 67.9 Å². The van der Waals surface area contributed by atoms with Crippen LogP contribution in [0.15, 0.2) is 42.1 Å². The third kappa shape index (κ3) is 4.14. The Kier molecular flexibility index (Phi) is 6.37. The third-order valence-corrected chi connectivity index (χ3v) is 5.07. The highest BCUT2D eigenvalue weighted by Crippen LogP contribution is 2.36. The summed E-state index contributed by atoms with van der Waals surface area (Å²) in [6, 6.07) is 10.5. The summed E-state index contributed by atoms with van der Waals surface area (Å²) in [5.41, 5.74) is 2.68. The molecular formula is C23H25ClN2O4. The van der Waals surface area contributed by atoms with Crippen LogP contribution < -0.4 is 14.8 Å². The van der Waals surface area contributed by atoms with E-state index in [1.165, 1.54) is 12.0 Å². The molecule has 6 nitrogen and oxygen atoms in total. The maximum Gasteiger partial charge on any atom is 0.278 e. The number of nitrogens with one attached hydrogen (secondary N) is 1. The van der Waals surface area contributed by atoms with Crippen molar-refractivity contribution in [1.82, 2.24) is 4.90 Å². The number of carbonyl (C=O) groups is 2. The first-order valence-corrected chi connectivity index (χ1v) is 10.0. The van der Waals surface area contributed by atoms with Crippen molar-refractivity contribution in [2.75, 3.05) is 26.1 Å². The molecule has 0 unspecified atom stereocenters. The first kappa shape index (κ1) is 21.7. The number of imide groups is 1. The second-order valence-corrected chi connectivity index (χ2v) is 7.96. The number of methoxy groups -OCH3 is 2. The van der Waals surface area contributed by atoms with Gasteiger partial charge in [0.15, 0.2) is 11.5 Å². The number of anilines is 1. The van der Waals surface area contributed by atoms with E-state index >= 15 is 0 Å². The van der Waals surface area contributed by atoms with E-state index < -0.39 is 0 Å². The lowest BCUT2D eigenvalue weighted by molar-refractivity contribution is -0.137. The summed E-state index contributed by atoms with van der Waals surface area (Å²) in [4.78, 5) is 27.7. The van der Waals surface area contributed by atoms with Gasteiger partial charge in [0.1, 0.15) is 5.70 Å². The second-order valence-electron chi connectivity index (χ2n) is 7.52. The Morgan fingerprint density at radius 3 is 2.30 bits per heavy atom. The van der Waals surface area contributed by atoms with Crippen LogP contribution in [0.4, 0.5) is 5.69 Å². The Morgan fingerprint density at radius 1 is 1.00 bits per heavy atom. The monoisotopic (exact) mass is 428 g/mol. The molecule has 0 radical (unpaired) electrons. The van der Waals surface area contributed by atoms with Gasteiger partial charge in [-0.3, -0.25) is 14.5 Å². The van der Waals surface area contributed by atoms with E-state index in [9.17, 15) is 9.59 Å². The zero-order valence-electron chi connectivity index (χ0n) is 17.7. The highest BCUT2D eigenvalue weighted by molar-refractivity contribution is 6.36. The van der Waals surface area contributed by atoms with E-state index in [2.05, 4.69) is 5.32 Å². The first-order valence-electron chi connectivity index (χ1n) is 9.62. The minimum absolute atomic E-state index is 0.140. The van der Waals surface area contributed by atoms with Crippen LogP contribution in [0.25, 0.3) is 5.57 Å². The molecule has 2 aromatic rings. The van der Waals surface area contributed by atoms with Crippen molar-refractivity contribution in [3.8, 4) is 11.5 Å². The average molecular weight is 429 g/mol. The summed E-state index contributed by atoms with van der Waals surface area (Å²) in [6.45, 7) is 6.15. The van der Waals surface area contributed by atoms with Crippen LogP contribution in [-0.4, -0.2) is 37.5 Å². The molecule has 0 bridgehead atoms. The number of aryl methyl sites for hydroxylation is 1. The normalized spacial score (nSPS) is 14.0. The number of hydrogen-bond donors (Lipinski definition) is 1. The summed E-state index contributed by atoms with van der Waals surface area (Å²) < 4.78 is 10.7. The van der Waals surface area contributed by atoms with Crippen molar-refractivity contribution in [3.05, 3.63) is 58.2 Å². The average Bonchev–Trinajstić information content (AvgIpc) is 2.93. The van der Waals surface area contributed by atoms with Gasteiger partial charge < -0.3 is 14.8 Å². The van der Waals surface area contributed by atoms with Gasteiger partial charge in [-0.15, -0.1) is 0 Å². The molecule has 158 valence electrons. The number of hydrogen-bond acceptors (Lipinski definition) is 5. The fourth-order valence-corrected chi connectivity index (χ4v) is 3.61. The molecule has 30 heavy (non-hydrogen) atoms. The van der Waals surface area contributed by atoms with Crippen molar-refractivity contribution < 1.29 is 19.1 Å². The molecular weight excluding hydrogens is 404 g/mol. The molecule has 0 spiro atoms. The first-order chi connectivity index (χ1) is 14.3. The fraction of sp³-hybridized carbons (Fsp3) is 0.304. The Balaban J connectivity index is 2.13. The van der Waals surface area contributed by atoms with Gasteiger partial charge in [0.2, 0.25) is 0 Å². The zero-order chi connectivity index (χ0) is 22.0. The number of amides is 2. The largest absolute Gasteiger partial charge is 0.493 e. The van der Waals surface area contributed by atoms with Gasteiger partial charge in [0.25, 0.3) is 11.8 Å². The molecule has 0 fully saturated rings. The van der Waals surface area contributed by atoms with Crippen LogP contribution in [0.5, 0.6) is 11.5 Å². The highest BCUT2D eigenvalue weighted by atomic mass is 35.5. The van der Waals surface area contributed by atoms with Crippen molar-refractivity contribution in [2.24, 2.45) is 5.92 Å². The molecule has 1 heterocycles. The van der Waals surface area contributed by atoms with Gasteiger partial charge in [0, 0.05) is 17.3 Å². The molecule has 0 aromatic heterocycles. The van der Waals surface area contributed by atoms with Gasteiger partial charge >= 0.3 is 0 Å². The predicted molar refractivity (Wildman–Crippen MR) is 118 cm³/mol. The minimum Gasteiger partial charge on any atom is -0.493 e. The minimum atomic E-state index is -0.354. The SMILES string of the molecule is COc1ccc(C2=C(Nc3ccc(Cl)cc3C)C(=O)N(CC(C)C)C2=O)cc1OC. The van der Waals surface area contributed by atoms with E-state index in [1.54, 1.807) is 43.5 Å². The van der Waals surface area contributed by atoms with Crippen molar-refractivity contribution in [3.63, 3.8) is 0 Å². The van der Waals surface area contributed by atoms with Gasteiger partial charge in [-0.05, 0) is 54.3 Å². The number of ether oxygens (including phenoxy) is 2. The predicted octanol–water partition coefficient (Wildman–Crippen LogP) is 4.51. The van der Waals surface area contributed by atoms with Crippen LogP contribution >= 0.6 is 11.6 Å². The van der Waals surface area contributed by atoms with Gasteiger partial charge in [-0.2, -0.15) is 0 Å². The van der Waals surface area contributed by atoms with Crippen molar-refractivity contribution in [1.29, 1.82) is 0 Å². The van der Waals surface area contributed by atoms with Crippen LogP contribution in [0.3, 0.4) is 0 Å². The van der Waals surface area contributed by atoms with Crippen LogP contribution in [0.1, 0.15) is 25.0 Å². The van der Waals surface area contributed by atoms with E-state index in [1.807, 2.05) is 20.8 Å². The summed E-state index contributed by atoms with van der Waals surface area (Å²) in [5.74, 6) is 0.469. The molecule has 2 aromatic carbocycles. The summed E-state index contributed by atoms with van der Waals surface area (Å²) >= 11 is 6.06. The number of benzene rings is 2. The molecule has 7 heteroatoms. The van der Waals surface area contributed by atoms with Crippen LogP contribution in [-0.2, 0) is 9.59 Å². The smallest absolute Gasteiger partial charge is 0.278 e. The molecule has 1 aliphatic heterocycles. The Labute approximate surface area is 181 Å². The molecule has 0 saturated carbocycles. The van der Waals surface area contributed by atoms with E-state index in [-0.39, 0.29) is 23.4 Å². The number of nitrogens with zero attached hydrogens (tertiary/aromatic N) is 1. The Morgan fingerprint density at radius 2 is 1.70 bits per heavy atom. The maximum atomic E-state index is 13.3. The molecule has 0 atom stereocenters. The number of rotatable bonds is 7. The summed E-state index contributed by atoms with van der Waals surface area (Å²) in [7, 11) is 3.07. The molecule has 1 N–H and O–H groups in total. The lowest BCUT2D eigenvalue weighted by atomic mass is 10.0. The Bertz CT molecular complexity index is 1030. The van der Waals surface area contributed by atoms with Crippen LogP contribution in [0.2, 0.25) is 5.02 Å². The van der Waals surface area contributed by atoms with Crippen molar-refractivity contribution >= 4 is 34.7 Å². The molecule has 2 amide bonds. The van der Waals surface area contributed by atoms with E-state index in [4.69, 9.17) is 21.1 Å². The van der Waals surface area contributed by atoms with Gasteiger partial charge in [-0.25, -0.2) is 0 Å². The summed E-state index contributed by atoms with van der Waals surface area (Å²) in [5, 5.41) is 3.77. The van der Waals surface area contributed by atoms with Crippen molar-refractivity contribution in [2.45, 2.75) is 20.8 Å². The molecule has 1 aliphatic rings. The molecule has 3 rings (SSSR count). The maximum absolute atomic E-state index is 13.3. The lowest BCUT2D eigenvalue weighted by Crippen LogP contribution is -2.35. The van der Waals surface area contributed by atoms with Gasteiger partial charge in [0.05, 0.1) is 19.8 Å². The highest BCUT2D eigenvalue weighted by Gasteiger charge is 2.39. The molecule has 0 saturated heterocycles. The third-order valence-electron chi connectivity index (χ3n) is 4.84. The lowest BCUT2D eigenvalue weighted by Gasteiger charge is -2.17. The second kappa shape index (κ2) is 8.79. The number of halogens is 1. The Hall–Kier alpha value is -2.99. The van der Waals surface area contributed by atoms with E-state index in [0.29, 0.717) is 39.9 Å². The molecule has 0 aliphatic carbocycles. The standard InChI is InChI=1S/C23H25ClN2O4/c1-13(2)12-26-22(27)20(15-6-9-18(29-4)19(11-15)30-5)21(23(26)28)25-17-8-7-16(24)10-14(17)3/h6-11,13,25H,12H2,1-5H3. The fourth-order valence-electron chi connectivity index (χ4n) is 3.38. The summed E-state index contributed by atoms with van der Waals surface area (Å²) in [6.07, 6.45) is 0. The zero-order valence-corrected chi connectivity index (χ0v) is 18.5. The van der Waals surface area contributed by atoms with E-state index in [0.717, 1.165) is 5.56 Å². The van der Waals surface area contributed by atoms with Crippen LogP contribution in [0, 0.1) is 12.8 Å². The van der Waals surface area contributed by atoms with Gasteiger partial charge in [-0.1, -0.05) is 31.5 Å². The number of carbonyl (C=O) groups excluding carboxylic acids is 2.